The van der Waals surface area contributed by atoms with E-state index < -0.39 is 20.6 Å². The fourth-order valence-corrected chi connectivity index (χ4v) is 4.60. The number of ether oxygens (including phenoxy) is 2. The molecule has 1 aliphatic heterocycles. The molecule has 11 heteroatoms. The number of rotatable bonds is 7. The Bertz CT molecular complexity index is 1170. The fourth-order valence-electron chi connectivity index (χ4n) is 3.18. The first-order chi connectivity index (χ1) is 14.9. The molecule has 0 unspecified atom stereocenters. The lowest BCUT2D eigenvalue weighted by atomic mass is 10.3. The van der Waals surface area contributed by atoms with Crippen LogP contribution in [0.25, 0.3) is 5.69 Å². The topological polar surface area (TPSA) is 117 Å². The largest absolute Gasteiger partial charge is 0.482 e. The predicted molar refractivity (Wildman–Crippen MR) is 111 cm³/mol. The Balaban J connectivity index is 1.52. The van der Waals surface area contributed by atoms with Gasteiger partial charge in [-0.1, -0.05) is 18.2 Å². The van der Waals surface area contributed by atoms with Crippen molar-refractivity contribution in [2.75, 3.05) is 26.3 Å². The summed E-state index contributed by atoms with van der Waals surface area (Å²) in [4.78, 5) is 10.8. The Kier molecular flexibility index (Phi) is 5.98. The summed E-state index contributed by atoms with van der Waals surface area (Å²) in [7, 11) is -3.85. The number of aromatic nitrogens is 2. The minimum absolute atomic E-state index is 0.0154. The Hall–Kier alpha value is -3.28. The molecule has 4 rings (SSSR count). The van der Waals surface area contributed by atoms with Crippen molar-refractivity contribution in [2.24, 2.45) is 0 Å². The molecular weight excluding hydrogens is 424 g/mol. The zero-order chi connectivity index (χ0) is 21.8. The summed E-state index contributed by atoms with van der Waals surface area (Å²) in [6, 6.07) is 13.2. The average Bonchev–Trinajstić information content (AvgIpc) is 3.28. The summed E-state index contributed by atoms with van der Waals surface area (Å²) in [6.45, 7) is 1.04. The van der Waals surface area contributed by atoms with Crippen molar-refractivity contribution in [3.63, 3.8) is 0 Å². The highest BCUT2D eigenvalue weighted by Gasteiger charge is 2.29. The molecule has 0 spiro atoms. The molecule has 162 valence electrons. The zero-order valence-corrected chi connectivity index (χ0v) is 17.3. The monoisotopic (exact) mass is 444 g/mol. The normalized spacial score (nSPS) is 15.0. The van der Waals surface area contributed by atoms with Crippen LogP contribution in [0.3, 0.4) is 0 Å². The number of hydrogen-bond donors (Lipinski definition) is 0. The number of hydrogen-bond acceptors (Lipinski definition) is 7. The molecule has 0 saturated carbocycles. The number of nitro benzene ring substituents is 1. The highest BCUT2D eigenvalue weighted by molar-refractivity contribution is 7.89. The first-order valence-corrected chi connectivity index (χ1v) is 11.0. The van der Waals surface area contributed by atoms with E-state index in [0.717, 1.165) is 11.8 Å². The lowest BCUT2D eigenvalue weighted by Gasteiger charge is -2.26. The Labute approximate surface area is 178 Å². The van der Waals surface area contributed by atoms with Crippen LogP contribution in [-0.4, -0.2) is 53.7 Å². The third-order valence-corrected chi connectivity index (χ3v) is 6.68. The molecule has 0 bridgehead atoms. The molecule has 31 heavy (non-hydrogen) atoms. The smallest absolute Gasteiger partial charge is 0.312 e. The predicted octanol–water partition coefficient (Wildman–Crippen LogP) is 2.38. The van der Waals surface area contributed by atoms with Crippen molar-refractivity contribution in [3.05, 3.63) is 76.6 Å². The second kappa shape index (κ2) is 8.84. The van der Waals surface area contributed by atoms with Gasteiger partial charge in [0.2, 0.25) is 10.0 Å². The van der Waals surface area contributed by atoms with Gasteiger partial charge in [-0.05, 0) is 24.3 Å². The molecule has 3 aromatic rings. The van der Waals surface area contributed by atoms with Gasteiger partial charge in [0, 0.05) is 30.9 Å². The van der Waals surface area contributed by atoms with Crippen molar-refractivity contribution in [2.45, 2.75) is 11.5 Å². The van der Waals surface area contributed by atoms with Crippen LogP contribution in [0.1, 0.15) is 5.56 Å². The van der Waals surface area contributed by atoms with Crippen LogP contribution in [0.5, 0.6) is 5.75 Å². The van der Waals surface area contributed by atoms with E-state index in [2.05, 4.69) is 5.10 Å². The zero-order valence-electron chi connectivity index (χ0n) is 16.5. The van der Waals surface area contributed by atoms with Crippen LogP contribution in [0.4, 0.5) is 5.69 Å². The van der Waals surface area contributed by atoms with E-state index in [1.165, 1.54) is 16.4 Å². The number of para-hydroxylation sites is 1. The van der Waals surface area contributed by atoms with Gasteiger partial charge >= 0.3 is 5.69 Å². The number of benzene rings is 2. The van der Waals surface area contributed by atoms with Crippen molar-refractivity contribution < 1.29 is 22.8 Å². The molecule has 0 aliphatic carbocycles. The van der Waals surface area contributed by atoms with Gasteiger partial charge in [0.05, 0.1) is 34.9 Å². The summed E-state index contributed by atoms with van der Waals surface area (Å²) in [6.07, 6.45) is 3.37. The van der Waals surface area contributed by atoms with E-state index in [0.29, 0.717) is 18.8 Å². The first-order valence-electron chi connectivity index (χ1n) is 9.53. The molecule has 0 radical (unpaired) electrons. The summed E-state index contributed by atoms with van der Waals surface area (Å²) in [5.41, 5.74) is 1.17. The van der Waals surface area contributed by atoms with Crippen LogP contribution < -0.4 is 4.74 Å². The molecule has 2 aromatic carbocycles. The number of nitro groups is 1. The SMILES string of the molecule is O=[N+]([O-])c1cc(S(=O)(=O)N2CCOCC2)ccc1OCc1cnn(-c2ccccc2)c1. The second-order valence-electron chi connectivity index (χ2n) is 6.82. The molecule has 10 nitrogen and oxygen atoms in total. The number of nitrogens with zero attached hydrogens (tertiary/aromatic N) is 4. The average molecular weight is 444 g/mol. The molecule has 1 aliphatic rings. The van der Waals surface area contributed by atoms with Crippen molar-refractivity contribution in [1.29, 1.82) is 0 Å². The summed E-state index contributed by atoms with van der Waals surface area (Å²) in [5, 5.41) is 15.8. The van der Waals surface area contributed by atoms with Crippen LogP contribution in [0, 0.1) is 10.1 Å². The van der Waals surface area contributed by atoms with E-state index >= 15 is 0 Å². The quantitative estimate of drug-likeness (QED) is 0.406. The van der Waals surface area contributed by atoms with Gasteiger partial charge in [0.25, 0.3) is 0 Å². The third kappa shape index (κ3) is 4.58. The van der Waals surface area contributed by atoms with Gasteiger partial charge in [0.1, 0.15) is 6.61 Å². The highest BCUT2D eigenvalue weighted by atomic mass is 32.2. The Morgan fingerprint density at radius 2 is 1.87 bits per heavy atom. The molecule has 2 heterocycles. The molecule has 0 atom stereocenters. The Morgan fingerprint density at radius 1 is 1.13 bits per heavy atom. The van der Waals surface area contributed by atoms with Gasteiger partial charge in [-0.15, -0.1) is 0 Å². The van der Waals surface area contributed by atoms with E-state index in [1.807, 2.05) is 30.3 Å². The van der Waals surface area contributed by atoms with Crippen molar-refractivity contribution in [3.8, 4) is 11.4 Å². The van der Waals surface area contributed by atoms with E-state index in [4.69, 9.17) is 9.47 Å². The van der Waals surface area contributed by atoms with Crippen molar-refractivity contribution in [1.82, 2.24) is 14.1 Å². The Morgan fingerprint density at radius 3 is 2.58 bits per heavy atom. The van der Waals surface area contributed by atoms with Crippen LogP contribution in [-0.2, 0) is 21.4 Å². The maximum atomic E-state index is 12.8. The lowest BCUT2D eigenvalue weighted by Crippen LogP contribution is -2.40. The van der Waals surface area contributed by atoms with Gasteiger partial charge in [-0.2, -0.15) is 9.40 Å². The molecule has 0 amide bonds. The standard InChI is InChI=1S/C20H20N4O6S/c25-24(26)19-12-18(31(27,28)22-8-10-29-11-9-22)6-7-20(19)30-15-16-13-21-23(14-16)17-4-2-1-3-5-17/h1-7,12-14H,8-11,15H2. The van der Waals surface area contributed by atoms with Crippen molar-refractivity contribution >= 4 is 15.7 Å². The van der Waals surface area contributed by atoms with Gasteiger partial charge in [0.15, 0.2) is 5.75 Å². The maximum absolute atomic E-state index is 12.8. The van der Waals surface area contributed by atoms with Crippen LogP contribution >= 0.6 is 0 Å². The van der Waals surface area contributed by atoms with Gasteiger partial charge in [-0.25, -0.2) is 13.1 Å². The fraction of sp³-hybridized carbons (Fsp3) is 0.250. The molecule has 1 saturated heterocycles. The van der Waals surface area contributed by atoms with Crippen LogP contribution in [0.2, 0.25) is 0 Å². The minimum atomic E-state index is -3.85. The summed E-state index contributed by atoms with van der Waals surface area (Å²) >= 11 is 0. The molecule has 1 aromatic heterocycles. The minimum Gasteiger partial charge on any atom is -0.482 e. The van der Waals surface area contributed by atoms with E-state index in [9.17, 15) is 18.5 Å². The second-order valence-corrected chi connectivity index (χ2v) is 8.76. The highest BCUT2D eigenvalue weighted by Crippen LogP contribution is 2.31. The van der Waals surface area contributed by atoms with E-state index in [-0.39, 0.29) is 30.3 Å². The summed E-state index contributed by atoms with van der Waals surface area (Å²) in [5.74, 6) is -0.0154. The molecule has 0 N–H and O–H groups in total. The molecular formula is C20H20N4O6S. The van der Waals surface area contributed by atoms with E-state index in [1.54, 1.807) is 17.1 Å². The third-order valence-electron chi connectivity index (χ3n) is 4.79. The molecule has 1 fully saturated rings. The van der Waals surface area contributed by atoms with Crippen LogP contribution in [0.15, 0.2) is 65.8 Å². The lowest BCUT2D eigenvalue weighted by molar-refractivity contribution is -0.386. The van der Waals surface area contributed by atoms with Gasteiger partial charge in [-0.3, -0.25) is 10.1 Å². The number of morpholine rings is 1. The summed E-state index contributed by atoms with van der Waals surface area (Å²) < 4.78 is 39.3. The number of sulfonamides is 1. The maximum Gasteiger partial charge on any atom is 0.312 e. The first kappa shape index (κ1) is 21.0. The van der Waals surface area contributed by atoms with Gasteiger partial charge < -0.3 is 9.47 Å².